The summed E-state index contributed by atoms with van der Waals surface area (Å²) < 4.78 is 49.5. The van der Waals surface area contributed by atoms with Gasteiger partial charge in [-0.1, -0.05) is 60.3 Å². The number of nitrogens with one attached hydrogen (secondary N) is 1. The molecule has 1 saturated heterocycles. The van der Waals surface area contributed by atoms with Crippen LogP contribution >= 0.6 is 11.8 Å². The number of nitriles is 1. The molecule has 0 spiro atoms. The van der Waals surface area contributed by atoms with E-state index in [9.17, 15) is 28.1 Å². The number of carbonyl (C=O) groups is 1. The van der Waals surface area contributed by atoms with Gasteiger partial charge in [0.1, 0.15) is 24.1 Å². The fourth-order valence-corrected chi connectivity index (χ4v) is 7.17. The summed E-state index contributed by atoms with van der Waals surface area (Å²) in [5, 5.41) is 28.3. The van der Waals surface area contributed by atoms with Crippen molar-refractivity contribution < 1.29 is 31.9 Å². The maximum Gasteiger partial charge on any atom is 0.415 e. The second-order valence-electron chi connectivity index (χ2n) is 10.9. The first-order chi connectivity index (χ1) is 24.2. The van der Waals surface area contributed by atoms with Crippen LogP contribution in [0.2, 0.25) is 0 Å². The van der Waals surface area contributed by atoms with Crippen LogP contribution in [0.15, 0.2) is 105 Å². The molecule has 1 amide bonds. The van der Waals surface area contributed by atoms with Crippen molar-refractivity contribution in [2.45, 2.75) is 15.1 Å². The van der Waals surface area contributed by atoms with E-state index in [1.807, 2.05) is 35.2 Å². The van der Waals surface area contributed by atoms with Crippen LogP contribution < -0.4 is 15.0 Å². The molecule has 1 N–H and O–H groups in total. The number of anilines is 2. The molecule has 0 aliphatic carbocycles. The monoisotopic (exact) mass is 716 g/mol. The minimum Gasteiger partial charge on any atom is -0.453 e. The highest BCUT2D eigenvalue weighted by atomic mass is 32.2. The molecular weight excluding hydrogens is 688 g/mol. The number of sulfone groups is 1. The van der Waals surface area contributed by atoms with Gasteiger partial charge in [0, 0.05) is 44.0 Å². The molecule has 256 valence electrons. The summed E-state index contributed by atoms with van der Waals surface area (Å²) in [7, 11) is -4.22. The Balaban J connectivity index is 1.05. The van der Waals surface area contributed by atoms with E-state index in [-0.39, 0.29) is 44.6 Å². The highest BCUT2D eigenvalue weighted by Crippen LogP contribution is 2.31. The van der Waals surface area contributed by atoms with E-state index >= 15 is 0 Å². The predicted octanol–water partition coefficient (Wildman–Crippen LogP) is 3.67. The molecule has 3 heterocycles. The molecule has 5 aromatic rings. The third kappa shape index (κ3) is 7.83. The van der Waals surface area contributed by atoms with Crippen LogP contribution in [0.4, 0.5) is 15.9 Å². The summed E-state index contributed by atoms with van der Waals surface area (Å²) in [6.45, 7) is 2.37. The third-order valence-electron chi connectivity index (χ3n) is 7.71. The number of nitrogens with zero attached hydrogens (tertiary/aromatic N) is 7. The van der Waals surface area contributed by atoms with Gasteiger partial charge in [-0.15, -0.1) is 0 Å². The van der Waals surface area contributed by atoms with Crippen LogP contribution in [0.5, 0.6) is 5.88 Å². The van der Waals surface area contributed by atoms with Crippen LogP contribution in [0.25, 0.3) is 11.3 Å². The number of hydrogen-bond donors (Lipinski definition) is 1. The summed E-state index contributed by atoms with van der Waals surface area (Å²) in [6.07, 6.45) is 0. The van der Waals surface area contributed by atoms with Crippen molar-refractivity contribution in [3.8, 4) is 23.2 Å². The number of rotatable bonds is 12. The molecule has 3 aromatic carbocycles. The molecule has 0 unspecified atom stereocenters. The second kappa shape index (κ2) is 15.3. The van der Waals surface area contributed by atoms with Crippen molar-refractivity contribution in [2.75, 3.05) is 50.4 Å². The van der Waals surface area contributed by atoms with Gasteiger partial charge in [-0.3, -0.25) is 14.3 Å². The highest BCUT2D eigenvalue weighted by molar-refractivity contribution is 7.99. The Morgan fingerprint density at radius 3 is 2.38 bits per heavy atom. The average Bonchev–Trinajstić information content (AvgIpc) is 3.52. The number of aromatic nitrogens is 4. The van der Waals surface area contributed by atoms with Crippen molar-refractivity contribution in [3.63, 3.8) is 0 Å². The Morgan fingerprint density at radius 2 is 1.70 bits per heavy atom. The van der Waals surface area contributed by atoms with E-state index < -0.39 is 26.6 Å². The topological polar surface area (TPSA) is 181 Å². The smallest absolute Gasteiger partial charge is 0.415 e. The number of piperazine rings is 1. The maximum atomic E-state index is 13.5. The van der Waals surface area contributed by atoms with Crippen LogP contribution in [0, 0.1) is 22.4 Å². The molecule has 17 heteroatoms. The molecule has 50 heavy (non-hydrogen) atoms. The molecule has 0 radical (unpaired) electrons. The van der Waals surface area contributed by atoms with Crippen molar-refractivity contribution >= 4 is 39.0 Å². The lowest BCUT2D eigenvalue weighted by Gasteiger charge is -2.34. The van der Waals surface area contributed by atoms with E-state index in [1.54, 1.807) is 11.0 Å². The number of benzene rings is 3. The quantitative estimate of drug-likeness (QED) is 0.112. The van der Waals surface area contributed by atoms with E-state index in [0.29, 0.717) is 49.7 Å². The average molecular weight is 717 g/mol. The first-order valence-corrected chi connectivity index (χ1v) is 17.8. The zero-order chi connectivity index (χ0) is 35.1. The predicted molar refractivity (Wildman–Crippen MR) is 178 cm³/mol. The third-order valence-corrected chi connectivity index (χ3v) is 10.3. The van der Waals surface area contributed by atoms with Gasteiger partial charge in [0.15, 0.2) is 11.0 Å². The fourth-order valence-electron chi connectivity index (χ4n) is 5.13. The van der Waals surface area contributed by atoms with Crippen molar-refractivity contribution in [2.24, 2.45) is 0 Å². The SMILES string of the molecule is N#Cc1c(Nc2ccc(F)cc2)nc(SCC(=O)N2CCN(CCOc3no[n+]([O-])c3S(=O)(=O)c3ccccc3)CC2)nc1-c1ccccc1. The van der Waals surface area contributed by atoms with Gasteiger partial charge in [0.05, 0.1) is 21.5 Å². The highest BCUT2D eigenvalue weighted by Gasteiger charge is 2.36. The lowest BCUT2D eigenvalue weighted by molar-refractivity contribution is -0.832. The van der Waals surface area contributed by atoms with Gasteiger partial charge in [-0.05, 0) is 41.3 Å². The van der Waals surface area contributed by atoms with E-state index in [0.717, 1.165) is 11.8 Å². The lowest BCUT2D eigenvalue weighted by atomic mass is 10.1. The minimum absolute atomic E-state index is 0.0295. The Bertz CT molecular complexity index is 2110. The number of amides is 1. The van der Waals surface area contributed by atoms with Gasteiger partial charge >= 0.3 is 10.9 Å². The van der Waals surface area contributed by atoms with E-state index in [2.05, 4.69) is 31.1 Å². The number of halogens is 1. The first-order valence-electron chi connectivity index (χ1n) is 15.3. The number of thioether (sulfide) groups is 1. The standard InChI is InChI=1S/C33H29FN8O6S2/c34-24-11-13-25(14-12-24)36-30-27(21-35)29(23-7-3-1-4-8-23)37-33(38-30)49-22-28(43)41-17-15-40(16-18-41)19-20-47-31-32(42(44)48-39-31)50(45,46)26-9-5-2-6-10-26/h1-14H,15-20,22H2,(H,36,37,38). The van der Waals surface area contributed by atoms with E-state index in [1.165, 1.54) is 48.5 Å². The van der Waals surface area contributed by atoms with Gasteiger partial charge in [-0.2, -0.15) is 5.26 Å². The Labute approximate surface area is 290 Å². The van der Waals surface area contributed by atoms with Crippen molar-refractivity contribution in [1.82, 2.24) is 24.9 Å². The second-order valence-corrected chi connectivity index (χ2v) is 13.7. The zero-order valence-electron chi connectivity index (χ0n) is 26.3. The van der Waals surface area contributed by atoms with Crippen LogP contribution in [-0.4, -0.2) is 84.3 Å². The normalized spacial score (nSPS) is 13.5. The molecular formula is C33H29FN8O6S2. The molecule has 0 bridgehead atoms. The molecule has 1 fully saturated rings. The molecule has 6 rings (SSSR count). The van der Waals surface area contributed by atoms with Gasteiger partial charge in [0.2, 0.25) is 5.91 Å². The number of carbonyl (C=O) groups excluding carboxylic acids is 1. The molecule has 0 atom stereocenters. The Hall–Kier alpha value is -5.57. The van der Waals surface area contributed by atoms with Gasteiger partial charge in [0.25, 0.3) is 9.84 Å². The van der Waals surface area contributed by atoms with Crippen LogP contribution in [-0.2, 0) is 14.6 Å². The molecule has 1 aliphatic heterocycles. The van der Waals surface area contributed by atoms with Crippen molar-refractivity contribution in [1.29, 1.82) is 5.26 Å². The summed E-state index contributed by atoms with van der Waals surface area (Å²) in [5.41, 5.74) is 1.84. The molecule has 2 aromatic heterocycles. The molecule has 0 saturated carbocycles. The summed E-state index contributed by atoms with van der Waals surface area (Å²) in [4.78, 5) is 25.9. The molecule has 1 aliphatic rings. The summed E-state index contributed by atoms with van der Waals surface area (Å²) in [6, 6.07) is 24.4. The van der Waals surface area contributed by atoms with Crippen LogP contribution in [0.3, 0.4) is 0 Å². The Morgan fingerprint density at radius 1 is 1.02 bits per heavy atom. The van der Waals surface area contributed by atoms with Crippen molar-refractivity contribution in [3.05, 3.63) is 102 Å². The summed E-state index contributed by atoms with van der Waals surface area (Å²) in [5.74, 6) is -0.654. The van der Waals surface area contributed by atoms with Gasteiger partial charge in [-0.25, -0.2) is 22.8 Å². The number of hydrogen-bond acceptors (Lipinski definition) is 13. The first kappa shape index (κ1) is 34.3. The fraction of sp³-hybridized carbons (Fsp3) is 0.212. The van der Waals surface area contributed by atoms with E-state index in [4.69, 9.17) is 4.74 Å². The molecule has 14 nitrogen and oxygen atoms in total. The maximum absolute atomic E-state index is 13.5. The lowest BCUT2D eigenvalue weighted by Crippen LogP contribution is -2.50. The Kier molecular flexibility index (Phi) is 10.5. The zero-order valence-corrected chi connectivity index (χ0v) is 27.9. The van der Waals surface area contributed by atoms with Crippen LogP contribution in [0.1, 0.15) is 5.56 Å². The largest absolute Gasteiger partial charge is 0.453 e. The minimum atomic E-state index is -4.22. The van der Waals surface area contributed by atoms with Gasteiger partial charge < -0.3 is 20.2 Å². The number of ether oxygens (including phenoxy) is 1. The summed E-state index contributed by atoms with van der Waals surface area (Å²) >= 11 is 1.14.